The molecule has 3 nitrogen and oxygen atoms in total. The van der Waals surface area contributed by atoms with Gasteiger partial charge in [-0.05, 0) is 57.4 Å². The van der Waals surface area contributed by atoms with Crippen molar-refractivity contribution in [1.29, 1.82) is 0 Å². The molecule has 1 aromatic carbocycles. The van der Waals surface area contributed by atoms with E-state index in [0.717, 1.165) is 41.3 Å². The second-order valence-corrected chi connectivity index (χ2v) is 5.65. The number of nitrogens with two attached hydrogens (primary N) is 1. The minimum atomic E-state index is 0.107. The van der Waals surface area contributed by atoms with E-state index in [9.17, 15) is 0 Å². The summed E-state index contributed by atoms with van der Waals surface area (Å²) < 4.78 is 6.12. The number of hydrogen-bond donors (Lipinski definition) is 1. The van der Waals surface area contributed by atoms with E-state index >= 15 is 0 Å². The second kappa shape index (κ2) is 6.72. The number of rotatable bonds is 5. The smallest absolute Gasteiger partial charge is 0.148 e. The van der Waals surface area contributed by atoms with Crippen molar-refractivity contribution in [2.75, 3.05) is 0 Å². The molecule has 0 bridgehead atoms. The lowest BCUT2D eigenvalue weighted by molar-refractivity contribution is 0.464. The van der Waals surface area contributed by atoms with E-state index in [-0.39, 0.29) is 6.04 Å². The fourth-order valence-electron chi connectivity index (χ4n) is 2.38. The molecule has 2 aromatic rings. The lowest BCUT2D eigenvalue weighted by Crippen LogP contribution is -2.18. The molecule has 0 saturated carbocycles. The molecule has 0 aliphatic carbocycles. The first-order valence-electron chi connectivity index (χ1n) is 7.49. The number of aromatic nitrogens is 1. The van der Waals surface area contributed by atoms with Gasteiger partial charge in [-0.1, -0.05) is 24.6 Å². The highest BCUT2D eigenvalue weighted by Crippen LogP contribution is 2.29. The van der Waals surface area contributed by atoms with Gasteiger partial charge in [0.15, 0.2) is 0 Å². The van der Waals surface area contributed by atoms with Crippen molar-refractivity contribution in [3.63, 3.8) is 0 Å². The minimum Gasteiger partial charge on any atom is -0.455 e. The van der Waals surface area contributed by atoms with E-state index in [1.165, 1.54) is 5.56 Å². The molecule has 1 unspecified atom stereocenters. The van der Waals surface area contributed by atoms with Gasteiger partial charge in [0.25, 0.3) is 0 Å². The molecule has 2 rings (SSSR count). The zero-order valence-electron chi connectivity index (χ0n) is 13.3. The van der Waals surface area contributed by atoms with Crippen LogP contribution in [-0.2, 0) is 12.8 Å². The highest BCUT2D eigenvalue weighted by molar-refractivity contribution is 5.42. The van der Waals surface area contributed by atoms with Gasteiger partial charge >= 0.3 is 0 Å². The molecular formula is C18H24N2O. The number of ether oxygens (including phenoxy) is 1. The Morgan fingerprint density at radius 3 is 2.52 bits per heavy atom. The van der Waals surface area contributed by atoms with E-state index in [0.29, 0.717) is 0 Å². The van der Waals surface area contributed by atoms with E-state index in [1.54, 1.807) is 0 Å². The first kappa shape index (κ1) is 15.5. The lowest BCUT2D eigenvalue weighted by Gasteiger charge is -2.15. The zero-order valence-corrected chi connectivity index (χ0v) is 13.3. The predicted molar refractivity (Wildman–Crippen MR) is 87.0 cm³/mol. The lowest BCUT2D eigenvalue weighted by atomic mass is 10.0. The summed E-state index contributed by atoms with van der Waals surface area (Å²) in [6, 6.07) is 10.3. The summed E-state index contributed by atoms with van der Waals surface area (Å²) in [4.78, 5) is 4.55. The quantitative estimate of drug-likeness (QED) is 0.904. The van der Waals surface area contributed by atoms with Gasteiger partial charge in [-0.2, -0.15) is 0 Å². The van der Waals surface area contributed by atoms with Crippen molar-refractivity contribution in [1.82, 2.24) is 4.98 Å². The van der Waals surface area contributed by atoms with Crippen molar-refractivity contribution in [3.05, 3.63) is 52.8 Å². The first-order chi connectivity index (χ1) is 9.99. The predicted octanol–water partition coefficient (Wildman–Crippen LogP) is 3.94. The molecule has 0 spiro atoms. The topological polar surface area (TPSA) is 48.1 Å². The number of pyridine rings is 1. The van der Waals surface area contributed by atoms with Crippen LogP contribution < -0.4 is 10.5 Å². The van der Waals surface area contributed by atoms with Gasteiger partial charge in [-0.25, -0.2) is 0 Å². The Morgan fingerprint density at radius 1 is 1.14 bits per heavy atom. The van der Waals surface area contributed by atoms with Gasteiger partial charge in [-0.3, -0.25) is 4.98 Å². The first-order valence-corrected chi connectivity index (χ1v) is 7.49. The van der Waals surface area contributed by atoms with Gasteiger partial charge in [0, 0.05) is 11.7 Å². The van der Waals surface area contributed by atoms with Crippen LogP contribution in [0.15, 0.2) is 30.3 Å². The molecule has 1 aromatic heterocycles. The number of aryl methyl sites for hydroxylation is 3. The molecule has 0 fully saturated rings. The molecule has 112 valence electrons. The second-order valence-electron chi connectivity index (χ2n) is 5.65. The average molecular weight is 284 g/mol. The van der Waals surface area contributed by atoms with E-state index in [4.69, 9.17) is 10.5 Å². The molecule has 0 saturated heterocycles. The zero-order chi connectivity index (χ0) is 15.4. The molecular weight excluding hydrogens is 260 g/mol. The Bertz CT molecular complexity index is 621. The molecule has 2 N–H and O–H groups in total. The normalized spacial score (nSPS) is 12.2. The van der Waals surface area contributed by atoms with Crippen molar-refractivity contribution in [2.24, 2.45) is 5.73 Å². The molecule has 3 heteroatoms. The summed E-state index contributed by atoms with van der Waals surface area (Å²) in [5.41, 5.74) is 10.3. The maximum atomic E-state index is 6.12. The standard InChI is InChI=1S/C18H24N2O/c1-5-16-18(9-7-14(4)20-16)21-17-8-6-12(2)10-15(17)11-13(3)19/h6-10,13H,5,11,19H2,1-4H3. The SMILES string of the molecule is CCc1nc(C)ccc1Oc1ccc(C)cc1CC(C)N. The van der Waals surface area contributed by atoms with E-state index in [2.05, 4.69) is 31.0 Å². The molecule has 1 atom stereocenters. The van der Waals surface area contributed by atoms with Gasteiger partial charge < -0.3 is 10.5 Å². The Balaban J connectivity index is 2.35. The van der Waals surface area contributed by atoms with Crippen molar-refractivity contribution >= 4 is 0 Å². The largest absolute Gasteiger partial charge is 0.455 e. The van der Waals surface area contributed by atoms with Crippen molar-refractivity contribution < 1.29 is 4.74 Å². The van der Waals surface area contributed by atoms with Gasteiger partial charge in [0.2, 0.25) is 0 Å². The van der Waals surface area contributed by atoms with Crippen LogP contribution >= 0.6 is 0 Å². The van der Waals surface area contributed by atoms with Crippen molar-refractivity contribution in [2.45, 2.75) is 46.6 Å². The van der Waals surface area contributed by atoms with Crippen LogP contribution in [-0.4, -0.2) is 11.0 Å². The summed E-state index contributed by atoms with van der Waals surface area (Å²) in [7, 11) is 0. The monoisotopic (exact) mass is 284 g/mol. The summed E-state index contributed by atoms with van der Waals surface area (Å²) in [5, 5.41) is 0. The van der Waals surface area contributed by atoms with Crippen LogP contribution in [0, 0.1) is 13.8 Å². The molecule has 0 amide bonds. The van der Waals surface area contributed by atoms with E-state index < -0.39 is 0 Å². The highest BCUT2D eigenvalue weighted by atomic mass is 16.5. The Morgan fingerprint density at radius 2 is 1.86 bits per heavy atom. The maximum absolute atomic E-state index is 6.12. The van der Waals surface area contributed by atoms with Gasteiger partial charge in [0.05, 0.1) is 5.69 Å². The van der Waals surface area contributed by atoms with Crippen LogP contribution in [0.3, 0.4) is 0 Å². The Labute approximate surface area is 127 Å². The number of hydrogen-bond acceptors (Lipinski definition) is 3. The fraction of sp³-hybridized carbons (Fsp3) is 0.389. The Kier molecular flexibility index (Phi) is 4.97. The molecule has 0 aliphatic heterocycles. The average Bonchev–Trinajstić information content (AvgIpc) is 2.42. The molecule has 0 radical (unpaired) electrons. The van der Waals surface area contributed by atoms with Crippen LogP contribution in [0.4, 0.5) is 0 Å². The summed E-state index contributed by atoms with van der Waals surface area (Å²) in [6.45, 7) is 8.18. The fourth-order valence-corrected chi connectivity index (χ4v) is 2.38. The molecule has 0 aliphatic rings. The molecule has 1 heterocycles. The van der Waals surface area contributed by atoms with Crippen LogP contribution in [0.1, 0.15) is 36.4 Å². The number of benzene rings is 1. The van der Waals surface area contributed by atoms with Crippen LogP contribution in [0.2, 0.25) is 0 Å². The number of nitrogens with zero attached hydrogens (tertiary/aromatic N) is 1. The van der Waals surface area contributed by atoms with Gasteiger partial charge in [-0.15, -0.1) is 0 Å². The van der Waals surface area contributed by atoms with Crippen LogP contribution in [0.25, 0.3) is 0 Å². The maximum Gasteiger partial charge on any atom is 0.148 e. The summed E-state index contributed by atoms with van der Waals surface area (Å²) in [6.07, 6.45) is 1.66. The third kappa shape index (κ3) is 4.05. The third-order valence-corrected chi connectivity index (χ3v) is 3.38. The Hall–Kier alpha value is -1.87. The van der Waals surface area contributed by atoms with E-state index in [1.807, 2.05) is 32.0 Å². The minimum absolute atomic E-state index is 0.107. The third-order valence-electron chi connectivity index (χ3n) is 3.38. The van der Waals surface area contributed by atoms with Crippen LogP contribution in [0.5, 0.6) is 11.5 Å². The summed E-state index contributed by atoms with van der Waals surface area (Å²) in [5.74, 6) is 1.70. The van der Waals surface area contributed by atoms with Crippen molar-refractivity contribution in [3.8, 4) is 11.5 Å². The highest BCUT2D eigenvalue weighted by Gasteiger charge is 2.10. The van der Waals surface area contributed by atoms with Gasteiger partial charge in [0.1, 0.15) is 11.5 Å². The summed E-state index contributed by atoms with van der Waals surface area (Å²) >= 11 is 0. The molecule has 21 heavy (non-hydrogen) atoms.